The van der Waals surface area contributed by atoms with Gasteiger partial charge in [-0.1, -0.05) is 24.3 Å². The van der Waals surface area contributed by atoms with Crippen LogP contribution in [0.2, 0.25) is 0 Å². The first-order chi connectivity index (χ1) is 22.4. The van der Waals surface area contributed by atoms with Gasteiger partial charge in [0, 0.05) is 22.1 Å². The Labute approximate surface area is 275 Å². The first-order valence-electron chi connectivity index (χ1n) is 14.1. The molecule has 0 spiro atoms. The van der Waals surface area contributed by atoms with Gasteiger partial charge in [-0.15, -0.1) is 23.5 Å². The van der Waals surface area contributed by atoms with E-state index in [0.29, 0.717) is 27.5 Å². The number of fused-ring (bicyclic) bond motifs is 1. The number of benzene rings is 3. The molecule has 246 valence electrons. The van der Waals surface area contributed by atoms with Crippen molar-refractivity contribution < 1.29 is 46.9 Å². The Bertz CT molecular complexity index is 1700. The number of thioether (sulfide) groups is 2. The van der Waals surface area contributed by atoms with E-state index in [1.807, 2.05) is 0 Å². The van der Waals surface area contributed by atoms with Crippen molar-refractivity contribution in [2.75, 3.05) is 23.9 Å². The molecule has 3 N–H and O–H groups in total. The zero-order valence-corrected chi connectivity index (χ0v) is 26.3. The van der Waals surface area contributed by atoms with Crippen LogP contribution in [0, 0.1) is 0 Å². The van der Waals surface area contributed by atoms with Gasteiger partial charge in [0.1, 0.15) is 29.5 Å². The van der Waals surface area contributed by atoms with Crippen molar-refractivity contribution in [3.8, 4) is 5.75 Å². The van der Waals surface area contributed by atoms with Crippen LogP contribution in [0.3, 0.4) is 0 Å². The smallest absolute Gasteiger partial charge is 0.416 e. The van der Waals surface area contributed by atoms with Gasteiger partial charge in [-0.2, -0.15) is 13.2 Å². The number of carboxylic acids is 1. The number of carbonyl (C=O) groups is 4. The molecule has 0 radical (unpaired) electrons. The van der Waals surface area contributed by atoms with Gasteiger partial charge in [0.15, 0.2) is 0 Å². The fourth-order valence-corrected chi connectivity index (χ4v) is 7.27. The molecule has 2 aliphatic rings. The summed E-state index contributed by atoms with van der Waals surface area (Å²) in [5, 5.41) is 14.6. The summed E-state index contributed by atoms with van der Waals surface area (Å²) in [4.78, 5) is 51.8. The number of methoxy groups -OCH3 is 1. The highest BCUT2D eigenvalue weighted by Gasteiger charge is 2.54. The van der Waals surface area contributed by atoms with Crippen LogP contribution in [0.4, 0.5) is 23.7 Å². The minimum absolute atomic E-state index is 0.0463. The second-order valence-electron chi connectivity index (χ2n) is 10.4. The minimum Gasteiger partial charge on any atom is -0.497 e. The quantitative estimate of drug-likeness (QED) is 0.176. The molecule has 0 aromatic heterocycles. The van der Waals surface area contributed by atoms with E-state index in [1.165, 1.54) is 35.7 Å². The average Bonchev–Trinajstić information content (AvgIpc) is 3.05. The summed E-state index contributed by atoms with van der Waals surface area (Å²) in [5.41, 5.74) is 1.33. The number of halogens is 3. The highest BCUT2D eigenvalue weighted by Crippen LogP contribution is 2.42. The van der Waals surface area contributed by atoms with Crippen LogP contribution in [-0.4, -0.2) is 63.9 Å². The summed E-state index contributed by atoms with van der Waals surface area (Å²) in [6, 6.07) is 17.3. The third-order valence-electron chi connectivity index (χ3n) is 7.23. The van der Waals surface area contributed by atoms with Gasteiger partial charge in [0.2, 0.25) is 5.91 Å². The van der Waals surface area contributed by atoms with Gasteiger partial charge in [0.25, 0.3) is 5.91 Å². The van der Waals surface area contributed by atoms with E-state index in [1.54, 1.807) is 55.6 Å². The zero-order chi connectivity index (χ0) is 33.7. The molecule has 3 aromatic rings. The number of β-lactam (4-membered cyclic amide) rings is 1. The summed E-state index contributed by atoms with van der Waals surface area (Å²) in [6.45, 7) is 0.0463. The molecule has 47 heavy (non-hydrogen) atoms. The lowest BCUT2D eigenvalue weighted by atomic mass is 10.0. The number of anilines is 1. The van der Waals surface area contributed by atoms with E-state index in [0.717, 1.165) is 22.6 Å². The Balaban J connectivity index is 1.11. The summed E-state index contributed by atoms with van der Waals surface area (Å²) < 4.78 is 48.9. The topological polar surface area (TPSA) is 134 Å². The van der Waals surface area contributed by atoms with Crippen molar-refractivity contribution >= 4 is 53.1 Å². The van der Waals surface area contributed by atoms with Gasteiger partial charge in [-0.05, 0) is 65.2 Å². The van der Waals surface area contributed by atoms with Crippen LogP contribution in [0.5, 0.6) is 5.75 Å². The monoisotopic (exact) mass is 687 g/mol. The molecule has 3 amide bonds. The number of carboxylic acid groups (broad SMARTS) is 1. The number of hydrogen-bond acceptors (Lipinski definition) is 8. The maximum absolute atomic E-state index is 13.0. The Morgan fingerprint density at radius 1 is 1.04 bits per heavy atom. The lowest BCUT2D eigenvalue weighted by molar-refractivity contribution is -0.150. The zero-order valence-electron chi connectivity index (χ0n) is 24.7. The highest BCUT2D eigenvalue weighted by molar-refractivity contribution is 8.01. The second-order valence-corrected chi connectivity index (χ2v) is 12.6. The fourth-order valence-electron chi connectivity index (χ4n) is 4.89. The van der Waals surface area contributed by atoms with Gasteiger partial charge in [-0.3, -0.25) is 19.8 Å². The van der Waals surface area contributed by atoms with E-state index in [9.17, 15) is 37.5 Å². The van der Waals surface area contributed by atoms with Crippen LogP contribution in [0.15, 0.2) is 89.0 Å². The van der Waals surface area contributed by atoms with Gasteiger partial charge in [-0.25, -0.2) is 9.59 Å². The fraction of sp³-hybridized carbons (Fsp3) is 0.250. The van der Waals surface area contributed by atoms with E-state index >= 15 is 0 Å². The van der Waals surface area contributed by atoms with Crippen molar-refractivity contribution in [2.24, 2.45) is 0 Å². The van der Waals surface area contributed by atoms with E-state index < -0.39 is 47.0 Å². The number of nitrogens with one attached hydrogen (secondary N) is 2. The standard InChI is InChI=1S/C32H28F3N3O7S2/c1-44-23-4-2-3-19(13-23)15-45-31(43)36-22-9-5-18(6-10-22)14-25(39)37-26-28(40)38-27(30(41)42)20(17-47-29(26)38)16-46-24-11-7-21(8-12-24)32(33,34)35/h2-13,26,29H,14-17H2,1H3,(H,36,43)(H,37,39)(H,41,42)/t26?,29-/m0/s1. The van der Waals surface area contributed by atoms with Crippen molar-refractivity contribution in [2.45, 2.75) is 35.5 Å². The predicted octanol–water partition coefficient (Wildman–Crippen LogP) is 5.54. The van der Waals surface area contributed by atoms with Crippen molar-refractivity contribution in [3.63, 3.8) is 0 Å². The molecule has 15 heteroatoms. The van der Waals surface area contributed by atoms with Crippen LogP contribution in [-0.2, 0) is 38.3 Å². The summed E-state index contributed by atoms with van der Waals surface area (Å²) in [6.07, 6.45) is -5.18. The normalized spacial score (nSPS) is 17.4. The van der Waals surface area contributed by atoms with Crippen LogP contribution in [0.1, 0.15) is 16.7 Å². The minimum atomic E-state index is -4.46. The maximum Gasteiger partial charge on any atom is 0.416 e. The number of rotatable bonds is 11. The number of alkyl halides is 3. The van der Waals surface area contributed by atoms with Crippen LogP contribution < -0.4 is 15.4 Å². The van der Waals surface area contributed by atoms with E-state index in [2.05, 4.69) is 10.6 Å². The first kappa shape index (κ1) is 33.7. The molecule has 0 bridgehead atoms. The Morgan fingerprint density at radius 2 is 1.77 bits per heavy atom. The largest absolute Gasteiger partial charge is 0.497 e. The van der Waals surface area contributed by atoms with Crippen LogP contribution >= 0.6 is 23.5 Å². The van der Waals surface area contributed by atoms with Crippen LogP contribution in [0.25, 0.3) is 0 Å². The van der Waals surface area contributed by atoms with E-state index in [4.69, 9.17) is 9.47 Å². The molecular weight excluding hydrogens is 659 g/mol. The number of nitrogens with zero attached hydrogens (tertiary/aromatic N) is 1. The lowest BCUT2D eigenvalue weighted by Gasteiger charge is -2.49. The molecule has 10 nitrogen and oxygen atoms in total. The highest BCUT2D eigenvalue weighted by atomic mass is 32.2. The average molecular weight is 688 g/mol. The maximum atomic E-state index is 13.0. The summed E-state index contributed by atoms with van der Waals surface area (Å²) in [7, 11) is 1.54. The number of carbonyl (C=O) groups excluding carboxylic acids is 3. The lowest BCUT2D eigenvalue weighted by Crippen LogP contribution is -2.70. The molecule has 1 saturated heterocycles. The van der Waals surface area contributed by atoms with Crippen molar-refractivity contribution in [1.29, 1.82) is 0 Å². The number of ether oxygens (including phenoxy) is 2. The summed E-state index contributed by atoms with van der Waals surface area (Å²) >= 11 is 2.48. The van der Waals surface area contributed by atoms with Crippen molar-refractivity contribution in [1.82, 2.24) is 10.2 Å². The molecule has 1 fully saturated rings. The number of amides is 3. The Hall–Kier alpha value is -4.63. The second kappa shape index (κ2) is 14.4. The molecule has 2 heterocycles. The van der Waals surface area contributed by atoms with Crippen molar-refractivity contribution in [3.05, 3.63) is 101 Å². The summed E-state index contributed by atoms with van der Waals surface area (Å²) in [5.74, 6) is -1.21. The van der Waals surface area contributed by atoms with Gasteiger partial charge < -0.3 is 19.9 Å². The third-order valence-corrected chi connectivity index (χ3v) is 9.67. The van der Waals surface area contributed by atoms with Gasteiger partial charge >= 0.3 is 18.2 Å². The number of aliphatic carboxylic acids is 1. The molecule has 0 saturated carbocycles. The molecule has 3 aromatic carbocycles. The molecule has 2 aliphatic heterocycles. The third kappa shape index (κ3) is 8.21. The number of hydrogen-bond donors (Lipinski definition) is 3. The molecular formula is C32H28F3N3O7S2. The predicted molar refractivity (Wildman–Crippen MR) is 169 cm³/mol. The molecule has 0 aliphatic carbocycles. The SMILES string of the molecule is COc1cccc(COC(=O)Nc2ccc(CC(=O)NC3C(=O)N4C(C(=O)O)=C(CSc5ccc(C(F)(F)F)cc5)CS[C@@H]34)cc2)c1. The first-order valence-corrected chi connectivity index (χ1v) is 16.1. The van der Waals surface area contributed by atoms with E-state index in [-0.39, 0.29) is 30.2 Å². The Kier molecular flexibility index (Phi) is 10.3. The van der Waals surface area contributed by atoms with Gasteiger partial charge in [0.05, 0.1) is 19.1 Å². The molecule has 2 atom stereocenters. The Morgan fingerprint density at radius 3 is 2.43 bits per heavy atom. The molecule has 5 rings (SSSR count). The molecule has 1 unspecified atom stereocenters.